The van der Waals surface area contributed by atoms with E-state index in [9.17, 15) is 22.0 Å². The number of hydrogen-bond acceptors (Lipinski definition) is 3. The van der Waals surface area contributed by atoms with Crippen LogP contribution in [-0.4, -0.2) is 49.7 Å². The minimum atomic E-state index is -4.09. The Morgan fingerprint density at radius 2 is 1.64 bits per heavy atom. The normalized spacial score (nSPS) is 15.9. The SMILES string of the molecule is O=C(/C=C/c1ccc(Cl)cc1)N1CCN(S(=O)(=O)c2ccc(F)cc2F)CC1. The predicted molar refractivity (Wildman–Crippen MR) is 102 cm³/mol. The van der Waals surface area contributed by atoms with Gasteiger partial charge in [-0.2, -0.15) is 4.31 Å². The van der Waals surface area contributed by atoms with Crippen LogP contribution in [0.5, 0.6) is 0 Å². The van der Waals surface area contributed by atoms with E-state index in [1.54, 1.807) is 30.3 Å². The molecule has 0 radical (unpaired) electrons. The largest absolute Gasteiger partial charge is 0.337 e. The summed E-state index contributed by atoms with van der Waals surface area (Å²) in [7, 11) is -4.09. The van der Waals surface area contributed by atoms with Crippen LogP contribution in [0.3, 0.4) is 0 Å². The molecule has 2 aromatic rings. The zero-order chi connectivity index (χ0) is 20.3. The van der Waals surface area contributed by atoms with Gasteiger partial charge in [-0.05, 0) is 35.9 Å². The van der Waals surface area contributed by atoms with Gasteiger partial charge in [0.1, 0.15) is 16.5 Å². The summed E-state index contributed by atoms with van der Waals surface area (Å²) in [6.07, 6.45) is 3.06. The lowest BCUT2D eigenvalue weighted by atomic mass is 10.2. The van der Waals surface area contributed by atoms with Crippen molar-refractivity contribution in [1.29, 1.82) is 0 Å². The second-order valence-corrected chi connectivity index (χ2v) is 8.53. The highest BCUT2D eigenvalue weighted by molar-refractivity contribution is 7.89. The Balaban J connectivity index is 1.63. The van der Waals surface area contributed by atoms with Gasteiger partial charge in [-0.1, -0.05) is 23.7 Å². The molecular weight excluding hydrogens is 410 g/mol. The highest BCUT2D eigenvalue weighted by Gasteiger charge is 2.31. The lowest BCUT2D eigenvalue weighted by molar-refractivity contribution is -0.127. The Hall–Kier alpha value is -2.29. The van der Waals surface area contributed by atoms with Gasteiger partial charge in [0.15, 0.2) is 0 Å². The van der Waals surface area contributed by atoms with E-state index in [2.05, 4.69) is 0 Å². The number of nitrogens with zero attached hydrogens (tertiary/aromatic N) is 2. The van der Waals surface area contributed by atoms with Crippen LogP contribution in [0.25, 0.3) is 6.08 Å². The molecule has 1 fully saturated rings. The summed E-state index contributed by atoms with van der Waals surface area (Å²) in [6, 6.07) is 9.31. The molecule has 0 aliphatic carbocycles. The van der Waals surface area contributed by atoms with Crippen LogP contribution in [0.1, 0.15) is 5.56 Å². The van der Waals surface area contributed by atoms with Gasteiger partial charge in [0, 0.05) is 43.3 Å². The van der Waals surface area contributed by atoms with Gasteiger partial charge in [-0.3, -0.25) is 4.79 Å². The van der Waals surface area contributed by atoms with Crippen LogP contribution in [0.15, 0.2) is 53.4 Å². The van der Waals surface area contributed by atoms with Gasteiger partial charge in [0.2, 0.25) is 15.9 Å². The van der Waals surface area contributed by atoms with Crippen LogP contribution >= 0.6 is 11.6 Å². The van der Waals surface area contributed by atoms with Crippen molar-refractivity contribution in [2.24, 2.45) is 0 Å². The molecule has 0 N–H and O–H groups in total. The average Bonchev–Trinajstić information content (AvgIpc) is 2.67. The fraction of sp³-hybridized carbons (Fsp3) is 0.211. The monoisotopic (exact) mass is 426 g/mol. The molecule has 1 saturated heterocycles. The summed E-state index contributed by atoms with van der Waals surface area (Å²) in [5.41, 5.74) is 0.811. The summed E-state index contributed by atoms with van der Waals surface area (Å²) in [5, 5.41) is 0.596. The van der Waals surface area contributed by atoms with Crippen molar-refractivity contribution in [2.45, 2.75) is 4.90 Å². The fourth-order valence-electron chi connectivity index (χ4n) is 2.82. The Bertz CT molecular complexity index is 1000. The van der Waals surface area contributed by atoms with Crippen molar-refractivity contribution in [3.63, 3.8) is 0 Å². The summed E-state index contributed by atoms with van der Waals surface area (Å²) in [4.78, 5) is 13.2. The minimum absolute atomic E-state index is 0.0275. The Kier molecular flexibility index (Phi) is 6.12. The molecule has 1 amide bonds. The molecule has 9 heteroatoms. The maximum atomic E-state index is 13.9. The van der Waals surface area contributed by atoms with E-state index >= 15 is 0 Å². The molecule has 0 spiro atoms. The smallest absolute Gasteiger partial charge is 0.246 e. The van der Waals surface area contributed by atoms with Crippen molar-refractivity contribution < 1.29 is 22.0 Å². The van der Waals surface area contributed by atoms with Crippen molar-refractivity contribution in [1.82, 2.24) is 9.21 Å². The first-order valence-corrected chi connectivity index (χ1v) is 10.3. The molecule has 0 aromatic heterocycles. The second-order valence-electron chi connectivity index (χ2n) is 6.19. The number of rotatable bonds is 4. The first kappa shape index (κ1) is 20.4. The van der Waals surface area contributed by atoms with Gasteiger partial charge in [0.05, 0.1) is 0 Å². The number of piperazine rings is 1. The predicted octanol–water partition coefficient (Wildman–Crippen LogP) is 3.16. The lowest BCUT2D eigenvalue weighted by Gasteiger charge is -2.33. The number of carbonyl (C=O) groups excluding carboxylic acids is 1. The van der Waals surface area contributed by atoms with Crippen molar-refractivity contribution in [2.75, 3.05) is 26.2 Å². The summed E-state index contributed by atoms with van der Waals surface area (Å²) in [6.45, 7) is 0.400. The van der Waals surface area contributed by atoms with Gasteiger partial charge in [-0.25, -0.2) is 17.2 Å². The number of benzene rings is 2. The van der Waals surface area contributed by atoms with E-state index in [1.807, 2.05) is 0 Å². The average molecular weight is 427 g/mol. The summed E-state index contributed by atoms with van der Waals surface area (Å²) in [5.74, 6) is -2.23. The maximum absolute atomic E-state index is 13.9. The molecule has 1 aliphatic heterocycles. The number of carbonyl (C=O) groups is 1. The number of sulfonamides is 1. The first-order valence-electron chi connectivity index (χ1n) is 8.45. The molecule has 0 atom stereocenters. The van der Waals surface area contributed by atoms with Gasteiger partial charge in [-0.15, -0.1) is 0 Å². The summed E-state index contributed by atoms with van der Waals surface area (Å²) < 4.78 is 53.1. The Labute approximate surface area is 166 Å². The Morgan fingerprint density at radius 1 is 1.00 bits per heavy atom. The van der Waals surface area contributed by atoms with E-state index in [1.165, 1.54) is 11.0 Å². The van der Waals surface area contributed by atoms with E-state index < -0.39 is 26.6 Å². The summed E-state index contributed by atoms with van der Waals surface area (Å²) >= 11 is 5.81. The third-order valence-corrected chi connectivity index (χ3v) is 6.53. The Morgan fingerprint density at radius 3 is 2.25 bits per heavy atom. The number of hydrogen-bond donors (Lipinski definition) is 0. The molecule has 3 rings (SSSR count). The topological polar surface area (TPSA) is 57.7 Å². The third-order valence-electron chi connectivity index (χ3n) is 4.35. The standard InChI is InChI=1S/C19H17ClF2N2O3S/c20-15-4-1-14(2-5-15)3-8-19(25)23-9-11-24(12-10-23)28(26,27)18-7-6-16(21)13-17(18)22/h1-8,13H,9-12H2/b8-3+. The molecule has 148 valence electrons. The molecule has 0 bridgehead atoms. The molecule has 5 nitrogen and oxygen atoms in total. The maximum Gasteiger partial charge on any atom is 0.246 e. The molecule has 1 aliphatic rings. The van der Waals surface area contributed by atoms with Crippen molar-refractivity contribution >= 4 is 33.6 Å². The zero-order valence-corrected chi connectivity index (χ0v) is 16.3. The molecule has 1 heterocycles. The van der Waals surface area contributed by atoms with Gasteiger partial charge >= 0.3 is 0 Å². The van der Waals surface area contributed by atoms with Crippen LogP contribution in [0, 0.1) is 11.6 Å². The first-order chi connectivity index (χ1) is 13.3. The van der Waals surface area contributed by atoms with Gasteiger partial charge < -0.3 is 4.90 Å². The number of halogens is 3. The van der Waals surface area contributed by atoms with Crippen LogP contribution < -0.4 is 0 Å². The quantitative estimate of drug-likeness (QED) is 0.706. The van der Waals surface area contributed by atoms with Crippen LogP contribution in [0.4, 0.5) is 8.78 Å². The van der Waals surface area contributed by atoms with E-state index in [0.29, 0.717) is 11.1 Å². The van der Waals surface area contributed by atoms with E-state index in [0.717, 1.165) is 22.0 Å². The third kappa shape index (κ3) is 4.57. The lowest BCUT2D eigenvalue weighted by Crippen LogP contribution is -2.50. The second kappa shape index (κ2) is 8.38. The molecule has 28 heavy (non-hydrogen) atoms. The zero-order valence-electron chi connectivity index (χ0n) is 14.7. The number of amides is 1. The molecule has 2 aromatic carbocycles. The van der Waals surface area contributed by atoms with E-state index in [-0.39, 0.29) is 32.1 Å². The fourth-order valence-corrected chi connectivity index (χ4v) is 4.41. The minimum Gasteiger partial charge on any atom is -0.337 e. The molecular formula is C19H17ClF2N2O3S. The molecule has 0 saturated carbocycles. The van der Waals surface area contributed by atoms with E-state index in [4.69, 9.17) is 11.6 Å². The van der Waals surface area contributed by atoms with Gasteiger partial charge in [0.25, 0.3) is 0 Å². The van der Waals surface area contributed by atoms with Crippen molar-refractivity contribution in [3.8, 4) is 0 Å². The molecule has 0 unspecified atom stereocenters. The van der Waals surface area contributed by atoms with Crippen LogP contribution in [0.2, 0.25) is 5.02 Å². The highest BCUT2D eigenvalue weighted by atomic mass is 35.5. The highest BCUT2D eigenvalue weighted by Crippen LogP contribution is 2.21. The van der Waals surface area contributed by atoms with Crippen LogP contribution in [-0.2, 0) is 14.8 Å². The van der Waals surface area contributed by atoms with Crippen molar-refractivity contribution in [3.05, 3.63) is 70.8 Å².